The average Bonchev–Trinajstić information content (AvgIpc) is 3.80. The van der Waals surface area contributed by atoms with Crippen LogP contribution in [0.2, 0.25) is 0 Å². The third-order valence-electron chi connectivity index (χ3n) is 8.24. The number of amidine groups is 1. The quantitative estimate of drug-likeness (QED) is 0.204. The Kier molecular flexibility index (Phi) is 9.44. The van der Waals surface area contributed by atoms with Crippen molar-refractivity contribution in [2.24, 2.45) is 4.99 Å². The van der Waals surface area contributed by atoms with Crippen LogP contribution < -0.4 is 15.0 Å². The van der Waals surface area contributed by atoms with Crippen LogP contribution in [0.5, 0.6) is 5.75 Å². The van der Waals surface area contributed by atoms with Crippen molar-refractivity contribution in [3.63, 3.8) is 0 Å². The second-order valence-electron chi connectivity index (χ2n) is 11.4. The number of aromatic nitrogens is 3. The van der Waals surface area contributed by atoms with Gasteiger partial charge in [0.05, 0.1) is 5.69 Å². The number of thioether (sulfide) groups is 1. The number of anilines is 1. The number of nitrogens with one attached hydrogen (secondary N) is 1. The molecule has 0 spiro atoms. The van der Waals surface area contributed by atoms with Gasteiger partial charge in [0, 0.05) is 29.6 Å². The Labute approximate surface area is 265 Å². The van der Waals surface area contributed by atoms with Crippen LogP contribution in [0.15, 0.2) is 78.0 Å². The minimum absolute atomic E-state index is 0.0795. The lowest BCUT2D eigenvalue weighted by atomic mass is 9.96. The van der Waals surface area contributed by atoms with E-state index in [-0.39, 0.29) is 17.8 Å². The van der Waals surface area contributed by atoms with E-state index in [2.05, 4.69) is 74.2 Å². The number of aryl methyl sites for hydroxylation is 2. The number of carbonyl (C=O) groups is 1. The fourth-order valence-electron chi connectivity index (χ4n) is 6.04. The van der Waals surface area contributed by atoms with Crippen molar-refractivity contribution in [2.45, 2.75) is 64.5 Å². The second kappa shape index (κ2) is 13.8. The smallest absolute Gasteiger partial charge is 0.387 e. The van der Waals surface area contributed by atoms with Crippen molar-refractivity contribution in [3.05, 3.63) is 89.7 Å². The summed E-state index contributed by atoms with van der Waals surface area (Å²) >= 11 is 1.64. The summed E-state index contributed by atoms with van der Waals surface area (Å²) in [4.78, 5) is 24.2. The zero-order valence-electron chi connectivity index (χ0n) is 25.3. The first-order chi connectivity index (χ1) is 21.9. The van der Waals surface area contributed by atoms with E-state index in [9.17, 15) is 13.6 Å². The highest BCUT2D eigenvalue weighted by molar-refractivity contribution is 8.14. The first kappa shape index (κ1) is 30.8. The van der Waals surface area contributed by atoms with E-state index in [1.165, 1.54) is 28.8 Å². The second-order valence-corrected chi connectivity index (χ2v) is 12.5. The lowest BCUT2D eigenvalue weighted by Gasteiger charge is -2.22. The maximum absolute atomic E-state index is 13.0. The van der Waals surface area contributed by atoms with E-state index in [0.29, 0.717) is 17.4 Å². The highest BCUT2D eigenvalue weighted by atomic mass is 32.2. The Morgan fingerprint density at radius 2 is 1.91 bits per heavy atom. The van der Waals surface area contributed by atoms with Crippen molar-refractivity contribution in [1.29, 1.82) is 0 Å². The number of hydrogen-bond acceptors (Lipinski definition) is 5. The van der Waals surface area contributed by atoms with Crippen LogP contribution in [0.1, 0.15) is 55.2 Å². The molecule has 1 aliphatic heterocycles. The largest absolute Gasteiger partial charge is 0.435 e. The summed E-state index contributed by atoms with van der Waals surface area (Å²) in [5, 5.41) is 8.48. The number of urea groups is 1. The molecule has 1 saturated carbocycles. The van der Waals surface area contributed by atoms with Gasteiger partial charge in [-0.3, -0.25) is 0 Å². The number of nitrogens with zero attached hydrogens (tertiary/aromatic N) is 5. The van der Waals surface area contributed by atoms with Crippen LogP contribution in [-0.4, -0.2) is 50.9 Å². The lowest BCUT2D eigenvalue weighted by Crippen LogP contribution is -2.33. The van der Waals surface area contributed by atoms with Gasteiger partial charge in [-0.05, 0) is 85.5 Å². The maximum atomic E-state index is 13.0. The molecule has 45 heavy (non-hydrogen) atoms. The summed E-state index contributed by atoms with van der Waals surface area (Å²) in [5.41, 5.74) is 6.44. The number of benzene rings is 3. The SMILES string of the molecule is CCCc1ccc(C)cc1N1CCSC1=NC(=O)NC1CCC(c2ccc(-c3ncn(-c4ccc(OC(F)F)cc4)n3)cc2)C1. The van der Waals surface area contributed by atoms with Crippen LogP contribution >= 0.6 is 11.8 Å². The van der Waals surface area contributed by atoms with Crippen LogP contribution in [0.3, 0.4) is 0 Å². The lowest BCUT2D eigenvalue weighted by molar-refractivity contribution is -0.0498. The summed E-state index contributed by atoms with van der Waals surface area (Å²) < 4.78 is 30.9. The molecule has 2 heterocycles. The Morgan fingerprint density at radius 3 is 2.67 bits per heavy atom. The van der Waals surface area contributed by atoms with Gasteiger partial charge in [0.1, 0.15) is 12.1 Å². The molecule has 1 aromatic heterocycles. The van der Waals surface area contributed by atoms with E-state index < -0.39 is 6.61 Å². The van der Waals surface area contributed by atoms with Gasteiger partial charge in [-0.15, -0.1) is 5.10 Å². The molecule has 0 bridgehead atoms. The average molecular weight is 631 g/mol. The topological polar surface area (TPSA) is 84.6 Å². The molecule has 2 fully saturated rings. The zero-order chi connectivity index (χ0) is 31.3. The number of ether oxygens (including phenoxy) is 1. The molecule has 3 aromatic carbocycles. The molecule has 8 nitrogen and oxygen atoms in total. The molecule has 11 heteroatoms. The first-order valence-electron chi connectivity index (χ1n) is 15.3. The van der Waals surface area contributed by atoms with Crippen molar-refractivity contribution < 1.29 is 18.3 Å². The molecule has 2 unspecified atom stereocenters. The Hall–Kier alpha value is -4.25. The first-order valence-corrected chi connectivity index (χ1v) is 16.3. The van der Waals surface area contributed by atoms with Crippen LogP contribution in [0, 0.1) is 6.92 Å². The van der Waals surface area contributed by atoms with Gasteiger partial charge in [0.15, 0.2) is 11.0 Å². The van der Waals surface area contributed by atoms with E-state index >= 15 is 0 Å². The fourth-order valence-corrected chi connectivity index (χ4v) is 6.99. The van der Waals surface area contributed by atoms with Gasteiger partial charge in [-0.25, -0.2) is 14.5 Å². The Bertz CT molecular complexity index is 1660. The van der Waals surface area contributed by atoms with Gasteiger partial charge < -0.3 is 15.0 Å². The predicted octanol–water partition coefficient (Wildman–Crippen LogP) is 7.75. The standard InChI is InChI=1S/C34H36F2N6O2S/c1-3-4-24-6-5-22(2)19-30(24)41-17-18-45-34(41)39-33(43)38-27-12-11-26(20-27)23-7-9-25(10-8-23)31-37-21-42(40-31)28-13-15-29(16-14-28)44-32(35)36/h5-10,13-16,19,21,26-27,32H,3-4,11-12,17-18,20H2,1-2H3,(H,38,43). The van der Waals surface area contributed by atoms with Crippen molar-refractivity contribution in [2.75, 3.05) is 17.2 Å². The number of carbonyl (C=O) groups excluding carboxylic acids is 1. The third-order valence-corrected chi connectivity index (χ3v) is 9.20. The molecule has 2 aliphatic rings. The van der Waals surface area contributed by atoms with Gasteiger partial charge in [-0.1, -0.05) is 61.5 Å². The van der Waals surface area contributed by atoms with Gasteiger partial charge in [0.25, 0.3) is 0 Å². The Morgan fingerprint density at radius 1 is 1.11 bits per heavy atom. The molecule has 1 aliphatic carbocycles. The summed E-state index contributed by atoms with van der Waals surface area (Å²) in [5.74, 6) is 1.91. The van der Waals surface area contributed by atoms with Crippen molar-refractivity contribution in [3.8, 4) is 22.8 Å². The zero-order valence-corrected chi connectivity index (χ0v) is 26.1. The molecular formula is C34H36F2N6O2S. The van der Waals surface area contributed by atoms with Gasteiger partial charge in [-0.2, -0.15) is 13.8 Å². The molecular weight excluding hydrogens is 594 g/mol. The number of hydrogen-bond donors (Lipinski definition) is 1. The number of rotatable bonds is 9. The van der Waals surface area contributed by atoms with E-state index in [4.69, 9.17) is 0 Å². The maximum Gasteiger partial charge on any atom is 0.387 e. The summed E-state index contributed by atoms with van der Waals surface area (Å²) in [6.07, 6.45) is 6.42. The van der Waals surface area contributed by atoms with Gasteiger partial charge >= 0.3 is 12.6 Å². The summed E-state index contributed by atoms with van der Waals surface area (Å²) in [6, 6.07) is 20.8. The normalized spacial score (nSPS) is 19.0. The van der Waals surface area contributed by atoms with E-state index in [1.807, 2.05) is 12.1 Å². The summed E-state index contributed by atoms with van der Waals surface area (Å²) in [7, 11) is 0. The molecule has 1 N–H and O–H groups in total. The molecule has 6 rings (SSSR count). The number of alkyl halides is 2. The summed E-state index contributed by atoms with van der Waals surface area (Å²) in [6.45, 7) is 2.27. The third kappa shape index (κ3) is 7.36. The molecule has 2 amide bonds. The fraction of sp³-hybridized carbons (Fsp3) is 0.353. The predicted molar refractivity (Wildman–Crippen MR) is 175 cm³/mol. The van der Waals surface area contributed by atoms with Crippen molar-refractivity contribution in [1.82, 2.24) is 20.1 Å². The monoisotopic (exact) mass is 630 g/mol. The molecule has 0 radical (unpaired) electrons. The molecule has 234 valence electrons. The molecule has 2 atom stereocenters. The van der Waals surface area contributed by atoms with Gasteiger partial charge in [0.2, 0.25) is 0 Å². The number of halogens is 2. The van der Waals surface area contributed by atoms with Crippen LogP contribution in [0.25, 0.3) is 17.1 Å². The van der Waals surface area contributed by atoms with Crippen LogP contribution in [-0.2, 0) is 6.42 Å². The molecule has 1 saturated heterocycles. The Balaban J connectivity index is 1.05. The van der Waals surface area contributed by atoms with E-state index in [1.54, 1.807) is 34.9 Å². The number of amides is 2. The minimum Gasteiger partial charge on any atom is -0.435 e. The number of aliphatic imine (C=N–C) groups is 1. The van der Waals surface area contributed by atoms with E-state index in [0.717, 1.165) is 60.8 Å². The molecule has 4 aromatic rings. The minimum atomic E-state index is -2.86. The van der Waals surface area contributed by atoms with Crippen LogP contribution in [0.4, 0.5) is 19.3 Å². The van der Waals surface area contributed by atoms with Crippen molar-refractivity contribution >= 4 is 28.6 Å². The highest BCUT2D eigenvalue weighted by Crippen LogP contribution is 2.36. The highest BCUT2D eigenvalue weighted by Gasteiger charge is 2.29.